The fourth-order valence-corrected chi connectivity index (χ4v) is 2.20. The van der Waals surface area contributed by atoms with Crippen molar-refractivity contribution in [3.63, 3.8) is 0 Å². The van der Waals surface area contributed by atoms with Gasteiger partial charge in [0.05, 0.1) is 17.4 Å². The highest BCUT2D eigenvalue weighted by Crippen LogP contribution is 2.22. The molecule has 0 saturated heterocycles. The molecule has 1 atom stereocenters. The van der Waals surface area contributed by atoms with Crippen molar-refractivity contribution in [2.24, 2.45) is 5.73 Å². The minimum atomic E-state index is -0.106. The summed E-state index contributed by atoms with van der Waals surface area (Å²) in [6.07, 6.45) is 0. The van der Waals surface area contributed by atoms with Crippen molar-refractivity contribution in [2.45, 2.75) is 40.3 Å². The molecule has 2 aromatic rings. The number of nitrogens with two attached hydrogens (primary N) is 1. The van der Waals surface area contributed by atoms with E-state index in [0.717, 1.165) is 23.5 Å². The van der Waals surface area contributed by atoms with E-state index in [1.165, 1.54) is 11.1 Å². The van der Waals surface area contributed by atoms with E-state index in [2.05, 4.69) is 50.1 Å². The van der Waals surface area contributed by atoms with Gasteiger partial charge in [-0.2, -0.15) is 5.10 Å². The molecule has 0 aliphatic heterocycles. The first kappa shape index (κ1) is 12.8. The van der Waals surface area contributed by atoms with Gasteiger partial charge in [-0.25, -0.2) is 0 Å². The Kier molecular flexibility index (Phi) is 3.53. The Morgan fingerprint density at radius 1 is 1.17 bits per heavy atom. The number of hydrogen-bond donors (Lipinski definition) is 1. The number of rotatable bonds is 3. The van der Waals surface area contributed by atoms with E-state index in [0.29, 0.717) is 0 Å². The fourth-order valence-electron chi connectivity index (χ4n) is 2.20. The quantitative estimate of drug-likeness (QED) is 0.900. The van der Waals surface area contributed by atoms with Gasteiger partial charge in [0.15, 0.2) is 0 Å². The summed E-state index contributed by atoms with van der Waals surface area (Å²) in [4.78, 5) is 0. The van der Waals surface area contributed by atoms with Crippen molar-refractivity contribution >= 4 is 0 Å². The van der Waals surface area contributed by atoms with Gasteiger partial charge in [0.25, 0.3) is 0 Å². The third-order valence-corrected chi connectivity index (χ3v) is 3.44. The normalized spacial score (nSPS) is 12.7. The maximum Gasteiger partial charge on any atom is 0.0723 e. The number of hydrogen-bond acceptors (Lipinski definition) is 2. The Balaban J connectivity index is 2.40. The van der Waals surface area contributed by atoms with Crippen LogP contribution in [-0.4, -0.2) is 9.78 Å². The Hall–Kier alpha value is -1.61. The van der Waals surface area contributed by atoms with Crippen molar-refractivity contribution in [1.82, 2.24) is 9.78 Å². The van der Waals surface area contributed by atoms with Crippen LogP contribution in [0.2, 0.25) is 0 Å². The highest BCUT2D eigenvalue weighted by atomic mass is 15.3. The second-order valence-electron chi connectivity index (χ2n) is 4.85. The van der Waals surface area contributed by atoms with E-state index in [9.17, 15) is 0 Å². The van der Waals surface area contributed by atoms with Crippen LogP contribution in [0, 0.1) is 20.8 Å². The van der Waals surface area contributed by atoms with Gasteiger partial charge in [-0.15, -0.1) is 0 Å². The molecule has 1 aromatic carbocycles. The molecule has 0 radical (unpaired) electrons. The van der Waals surface area contributed by atoms with Crippen molar-refractivity contribution in [3.05, 3.63) is 52.3 Å². The summed E-state index contributed by atoms with van der Waals surface area (Å²) < 4.78 is 1.98. The number of nitrogens with zero attached hydrogens (tertiary/aromatic N) is 2. The summed E-state index contributed by atoms with van der Waals surface area (Å²) in [5.74, 6) is 0. The average molecular weight is 243 g/mol. The molecule has 1 aromatic heterocycles. The van der Waals surface area contributed by atoms with E-state index in [1.807, 2.05) is 11.6 Å². The summed E-state index contributed by atoms with van der Waals surface area (Å²) in [6, 6.07) is 8.37. The molecule has 0 bridgehead atoms. The minimum Gasteiger partial charge on any atom is -0.319 e. The summed E-state index contributed by atoms with van der Waals surface area (Å²) in [7, 11) is 0. The molecule has 0 aliphatic rings. The molecule has 18 heavy (non-hydrogen) atoms. The molecular weight excluding hydrogens is 222 g/mol. The van der Waals surface area contributed by atoms with Crippen LogP contribution in [0.25, 0.3) is 0 Å². The van der Waals surface area contributed by atoms with Crippen LogP contribution in [0.4, 0.5) is 0 Å². The lowest BCUT2D eigenvalue weighted by Crippen LogP contribution is -2.17. The van der Waals surface area contributed by atoms with E-state index < -0.39 is 0 Å². The smallest absolute Gasteiger partial charge is 0.0723 e. The molecule has 2 N–H and O–H groups in total. The van der Waals surface area contributed by atoms with E-state index in [1.54, 1.807) is 0 Å². The lowest BCUT2D eigenvalue weighted by Gasteiger charge is -2.15. The highest BCUT2D eigenvalue weighted by Gasteiger charge is 2.15. The number of benzene rings is 1. The maximum absolute atomic E-state index is 6.36. The topological polar surface area (TPSA) is 43.8 Å². The maximum atomic E-state index is 6.36. The van der Waals surface area contributed by atoms with Crippen LogP contribution in [0.3, 0.4) is 0 Å². The molecule has 96 valence electrons. The standard InChI is InChI=1S/C15H21N3/c1-5-18-14(9-12(4)17-18)15(16)13-7-6-10(2)11(3)8-13/h6-9,15H,5,16H2,1-4H3. The molecule has 1 heterocycles. The van der Waals surface area contributed by atoms with Gasteiger partial charge in [-0.05, 0) is 50.5 Å². The van der Waals surface area contributed by atoms with Gasteiger partial charge in [0, 0.05) is 6.54 Å². The average Bonchev–Trinajstić information content (AvgIpc) is 2.73. The fraction of sp³-hybridized carbons (Fsp3) is 0.400. The van der Waals surface area contributed by atoms with Crippen LogP contribution >= 0.6 is 0 Å². The van der Waals surface area contributed by atoms with Gasteiger partial charge in [-0.1, -0.05) is 18.2 Å². The third-order valence-electron chi connectivity index (χ3n) is 3.44. The summed E-state index contributed by atoms with van der Waals surface area (Å²) in [6.45, 7) is 9.17. The van der Waals surface area contributed by atoms with Gasteiger partial charge in [0.2, 0.25) is 0 Å². The van der Waals surface area contributed by atoms with Gasteiger partial charge >= 0.3 is 0 Å². The molecule has 3 nitrogen and oxygen atoms in total. The van der Waals surface area contributed by atoms with Crippen molar-refractivity contribution in [1.29, 1.82) is 0 Å². The van der Waals surface area contributed by atoms with Crippen LogP contribution in [0.1, 0.15) is 41.0 Å². The second kappa shape index (κ2) is 4.94. The SMILES string of the molecule is CCn1nc(C)cc1C(N)c1ccc(C)c(C)c1. The number of aromatic nitrogens is 2. The molecule has 0 spiro atoms. The Morgan fingerprint density at radius 2 is 1.89 bits per heavy atom. The number of aryl methyl sites for hydroxylation is 4. The zero-order valence-electron chi connectivity index (χ0n) is 11.6. The summed E-state index contributed by atoms with van der Waals surface area (Å²) >= 11 is 0. The highest BCUT2D eigenvalue weighted by molar-refractivity contribution is 5.35. The second-order valence-corrected chi connectivity index (χ2v) is 4.85. The lowest BCUT2D eigenvalue weighted by molar-refractivity contribution is 0.597. The first-order chi connectivity index (χ1) is 8.52. The zero-order valence-corrected chi connectivity index (χ0v) is 11.6. The zero-order chi connectivity index (χ0) is 13.3. The summed E-state index contributed by atoms with van der Waals surface area (Å²) in [5, 5.41) is 4.45. The summed E-state index contributed by atoms with van der Waals surface area (Å²) in [5.41, 5.74) is 12.2. The first-order valence-electron chi connectivity index (χ1n) is 6.40. The van der Waals surface area contributed by atoms with Crippen LogP contribution in [-0.2, 0) is 6.54 Å². The van der Waals surface area contributed by atoms with Gasteiger partial charge in [0.1, 0.15) is 0 Å². The minimum absolute atomic E-state index is 0.106. The predicted octanol–water partition coefficient (Wildman–Crippen LogP) is 2.88. The molecule has 2 rings (SSSR count). The van der Waals surface area contributed by atoms with E-state index >= 15 is 0 Å². The predicted molar refractivity (Wildman–Crippen MR) is 74.6 cm³/mol. The van der Waals surface area contributed by atoms with Crippen molar-refractivity contribution < 1.29 is 0 Å². The monoisotopic (exact) mass is 243 g/mol. The van der Waals surface area contributed by atoms with Crippen molar-refractivity contribution in [3.8, 4) is 0 Å². The molecule has 1 unspecified atom stereocenters. The van der Waals surface area contributed by atoms with Gasteiger partial charge in [-0.3, -0.25) is 4.68 Å². The first-order valence-corrected chi connectivity index (χ1v) is 6.40. The largest absolute Gasteiger partial charge is 0.319 e. The molecule has 0 fully saturated rings. The molecule has 0 amide bonds. The Labute approximate surface area is 109 Å². The van der Waals surface area contributed by atoms with Crippen LogP contribution < -0.4 is 5.73 Å². The van der Waals surface area contributed by atoms with Crippen molar-refractivity contribution in [2.75, 3.05) is 0 Å². The van der Waals surface area contributed by atoms with E-state index in [-0.39, 0.29) is 6.04 Å². The van der Waals surface area contributed by atoms with E-state index in [4.69, 9.17) is 5.73 Å². The van der Waals surface area contributed by atoms with Crippen LogP contribution in [0.5, 0.6) is 0 Å². The Morgan fingerprint density at radius 3 is 2.50 bits per heavy atom. The van der Waals surface area contributed by atoms with Crippen LogP contribution in [0.15, 0.2) is 24.3 Å². The molecular formula is C15H21N3. The molecule has 0 saturated carbocycles. The molecule has 0 aliphatic carbocycles. The third kappa shape index (κ3) is 2.31. The lowest BCUT2D eigenvalue weighted by atomic mass is 9.99. The molecule has 3 heteroatoms. The Bertz CT molecular complexity index is 555. The van der Waals surface area contributed by atoms with Gasteiger partial charge < -0.3 is 5.73 Å².